The minimum atomic E-state index is -0.616. The highest BCUT2D eigenvalue weighted by molar-refractivity contribution is 9.10. The van der Waals surface area contributed by atoms with Crippen molar-refractivity contribution in [1.29, 1.82) is 0 Å². The van der Waals surface area contributed by atoms with Gasteiger partial charge in [0.2, 0.25) is 11.8 Å². The molecule has 0 fully saturated rings. The predicted octanol–water partition coefficient (Wildman–Crippen LogP) is 1.24. The van der Waals surface area contributed by atoms with Crippen LogP contribution in [0.2, 0.25) is 0 Å². The molecule has 1 aromatic carbocycles. The molecule has 96 valence electrons. The summed E-state index contributed by atoms with van der Waals surface area (Å²) in [6, 6.07) is 3.04. The first-order chi connectivity index (χ1) is 8.52. The molecule has 1 heterocycles. The number of nitrogens with one attached hydrogen (secondary N) is 2. The van der Waals surface area contributed by atoms with Gasteiger partial charge in [-0.2, -0.15) is 0 Å². The zero-order valence-electron chi connectivity index (χ0n) is 9.62. The minimum Gasteiger partial charge on any atom is -0.358 e. The third-order valence-electron chi connectivity index (χ3n) is 2.62. The molecule has 0 saturated carbocycles. The molecule has 18 heavy (non-hydrogen) atoms. The molecule has 1 atom stereocenters. The Balaban J connectivity index is 2.22. The molecule has 1 unspecified atom stereocenters. The maximum atomic E-state index is 11.4. The molecule has 0 radical (unpaired) electrons. The molecule has 5 nitrogen and oxygen atoms in total. The molecule has 1 aliphatic rings. The summed E-state index contributed by atoms with van der Waals surface area (Å²) in [6.07, 6.45) is 0. The highest BCUT2D eigenvalue weighted by atomic mass is 79.9. The first-order valence-electron chi connectivity index (χ1n) is 5.26. The summed E-state index contributed by atoms with van der Waals surface area (Å²) in [7, 11) is 1.60. The maximum absolute atomic E-state index is 11.4. The third-order valence-corrected chi connectivity index (χ3v) is 4.59. The Bertz CT molecular complexity index is 521. The summed E-state index contributed by atoms with van der Waals surface area (Å²) in [4.78, 5) is 23.5. The summed E-state index contributed by atoms with van der Waals surface area (Å²) in [6.45, 7) is 0. The van der Waals surface area contributed by atoms with Crippen LogP contribution in [0.5, 0.6) is 0 Å². The van der Waals surface area contributed by atoms with E-state index in [1.807, 2.05) is 12.1 Å². The average molecular weight is 330 g/mol. The van der Waals surface area contributed by atoms with E-state index in [-0.39, 0.29) is 11.8 Å². The number of hydrogen-bond donors (Lipinski definition) is 3. The lowest BCUT2D eigenvalue weighted by Gasteiger charge is -2.08. The highest BCUT2D eigenvalue weighted by Gasteiger charge is 2.28. The van der Waals surface area contributed by atoms with Gasteiger partial charge < -0.3 is 16.4 Å². The number of halogens is 1. The number of anilines is 1. The van der Waals surface area contributed by atoms with Gasteiger partial charge in [-0.05, 0) is 28.1 Å². The standard InChI is InChI=1S/C11H12BrN3O2S/c1-14-9(16)4-18-8-3-7-5(2-6(8)12)10(13)11(17)15-7/h2-3,10H,4,13H2,1H3,(H,14,16)(H,15,17). The van der Waals surface area contributed by atoms with Gasteiger partial charge in [-0.25, -0.2) is 0 Å². The zero-order valence-corrected chi connectivity index (χ0v) is 12.0. The Morgan fingerprint density at radius 3 is 3.00 bits per heavy atom. The van der Waals surface area contributed by atoms with Crippen LogP contribution in [-0.2, 0) is 9.59 Å². The largest absolute Gasteiger partial charge is 0.358 e. The number of rotatable bonds is 3. The summed E-state index contributed by atoms with van der Waals surface area (Å²) < 4.78 is 0.835. The van der Waals surface area contributed by atoms with Gasteiger partial charge in [0.15, 0.2) is 0 Å². The number of nitrogens with two attached hydrogens (primary N) is 1. The molecule has 4 N–H and O–H groups in total. The molecular weight excluding hydrogens is 318 g/mol. The highest BCUT2D eigenvalue weighted by Crippen LogP contribution is 2.38. The second-order valence-electron chi connectivity index (χ2n) is 3.80. The maximum Gasteiger partial charge on any atom is 0.245 e. The lowest BCUT2D eigenvalue weighted by atomic mass is 10.1. The van der Waals surface area contributed by atoms with Gasteiger partial charge in [-0.15, -0.1) is 11.8 Å². The quantitative estimate of drug-likeness (QED) is 0.728. The van der Waals surface area contributed by atoms with Gasteiger partial charge in [0.1, 0.15) is 6.04 Å². The molecule has 0 bridgehead atoms. The fraction of sp³-hybridized carbons (Fsp3) is 0.273. The molecule has 2 rings (SSSR count). The van der Waals surface area contributed by atoms with Crippen molar-refractivity contribution in [3.8, 4) is 0 Å². The van der Waals surface area contributed by atoms with Crippen molar-refractivity contribution in [2.24, 2.45) is 5.73 Å². The zero-order chi connectivity index (χ0) is 13.3. The summed E-state index contributed by atoms with van der Waals surface area (Å²) >= 11 is 4.82. The monoisotopic (exact) mass is 329 g/mol. The average Bonchev–Trinajstić information content (AvgIpc) is 2.62. The predicted molar refractivity (Wildman–Crippen MR) is 74.5 cm³/mol. The first kappa shape index (κ1) is 13.4. The molecule has 0 aliphatic carbocycles. The van der Waals surface area contributed by atoms with Crippen molar-refractivity contribution in [3.63, 3.8) is 0 Å². The van der Waals surface area contributed by atoms with Crippen LogP contribution in [0, 0.1) is 0 Å². The lowest BCUT2D eigenvalue weighted by molar-refractivity contribution is -0.118. The van der Waals surface area contributed by atoms with E-state index in [1.54, 1.807) is 7.05 Å². The van der Waals surface area contributed by atoms with E-state index < -0.39 is 6.04 Å². The van der Waals surface area contributed by atoms with E-state index in [1.165, 1.54) is 11.8 Å². The fourth-order valence-corrected chi connectivity index (χ4v) is 3.15. The summed E-state index contributed by atoms with van der Waals surface area (Å²) in [5, 5.41) is 5.27. The van der Waals surface area contributed by atoms with Crippen LogP contribution in [-0.4, -0.2) is 24.6 Å². The number of hydrogen-bond acceptors (Lipinski definition) is 4. The minimum absolute atomic E-state index is 0.0480. The van der Waals surface area contributed by atoms with E-state index in [0.29, 0.717) is 5.75 Å². The molecule has 0 saturated heterocycles. The van der Waals surface area contributed by atoms with Crippen LogP contribution in [0.1, 0.15) is 11.6 Å². The van der Waals surface area contributed by atoms with E-state index >= 15 is 0 Å². The Morgan fingerprint density at radius 2 is 2.33 bits per heavy atom. The Labute approximate surface area is 117 Å². The molecule has 0 aromatic heterocycles. The van der Waals surface area contributed by atoms with Crippen LogP contribution in [0.15, 0.2) is 21.5 Å². The lowest BCUT2D eigenvalue weighted by Crippen LogP contribution is -2.19. The van der Waals surface area contributed by atoms with Crippen LogP contribution < -0.4 is 16.4 Å². The van der Waals surface area contributed by atoms with Crippen LogP contribution in [0.4, 0.5) is 5.69 Å². The number of amides is 2. The number of benzene rings is 1. The van der Waals surface area contributed by atoms with Crippen molar-refractivity contribution in [2.45, 2.75) is 10.9 Å². The van der Waals surface area contributed by atoms with Crippen LogP contribution >= 0.6 is 27.7 Å². The normalized spacial score (nSPS) is 17.3. The Hall–Kier alpha value is -1.05. The van der Waals surface area contributed by atoms with Crippen molar-refractivity contribution < 1.29 is 9.59 Å². The smallest absolute Gasteiger partial charge is 0.245 e. The SMILES string of the molecule is CNC(=O)CSc1cc2c(cc1Br)C(N)C(=O)N2. The third kappa shape index (κ3) is 2.52. The van der Waals surface area contributed by atoms with Gasteiger partial charge in [0.25, 0.3) is 0 Å². The van der Waals surface area contributed by atoms with E-state index in [0.717, 1.165) is 20.6 Å². The summed E-state index contributed by atoms with van der Waals surface area (Å²) in [5.41, 5.74) is 7.24. The fourth-order valence-electron chi connectivity index (χ4n) is 1.61. The van der Waals surface area contributed by atoms with Gasteiger partial charge in [-0.1, -0.05) is 0 Å². The van der Waals surface area contributed by atoms with Crippen LogP contribution in [0.25, 0.3) is 0 Å². The Morgan fingerprint density at radius 1 is 1.61 bits per heavy atom. The Kier molecular flexibility index (Phi) is 3.94. The molecule has 2 amide bonds. The van der Waals surface area contributed by atoms with Gasteiger partial charge in [0.05, 0.1) is 5.75 Å². The van der Waals surface area contributed by atoms with Gasteiger partial charge >= 0.3 is 0 Å². The first-order valence-corrected chi connectivity index (χ1v) is 7.04. The van der Waals surface area contributed by atoms with Gasteiger partial charge in [0, 0.05) is 27.7 Å². The van der Waals surface area contributed by atoms with E-state index in [4.69, 9.17) is 5.73 Å². The topological polar surface area (TPSA) is 84.2 Å². The molecule has 1 aromatic rings. The van der Waals surface area contributed by atoms with Gasteiger partial charge in [-0.3, -0.25) is 9.59 Å². The number of fused-ring (bicyclic) bond motifs is 1. The van der Waals surface area contributed by atoms with Crippen molar-refractivity contribution in [2.75, 3.05) is 18.1 Å². The van der Waals surface area contributed by atoms with E-state index in [2.05, 4.69) is 26.6 Å². The van der Waals surface area contributed by atoms with Crippen LogP contribution in [0.3, 0.4) is 0 Å². The molecule has 0 spiro atoms. The molecular formula is C11H12BrN3O2S. The van der Waals surface area contributed by atoms with E-state index in [9.17, 15) is 9.59 Å². The number of carbonyl (C=O) groups excluding carboxylic acids is 2. The van der Waals surface area contributed by atoms with Crippen molar-refractivity contribution >= 4 is 45.2 Å². The van der Waals surface area contributed by atoms with Crippen molar-refractivity contribution in [1.82, 2.24) is 5.32 Å². The second-order valence-corrected chi connectivity index (χ2v) is 5.67. The molecule has 7 heteroatoms. The number of thioether (sulfide) groups is 1. The number of carbonyl (C=O) groups is 2. The molecule has 1 aliphatic heterocycles. The van der Waals surface area contributed by atoms with Crippen molar-refractivity contribution in [3.05, 3.63) is 22.2 Å². The second kappa shape index (κ2) is 5.29. The summed E-state index contributed by atoms with van der Waals surface area (Å²) in [5.74, 6) is 0.0759.